The molecule has 0 aliphatic heterocycles. The maximum atomic E-state index is 13.3. The lowest BCUT2D eigenvalue weighted by Gasteiger charge is -2.30. The van der Waals surface area contributed by atoms with E-state index in [4.69, 9.17) is 4.74 Å². The zero-order chi connectivity index (χ0) is 24.8. The number of ether oxygens (including phenoxy) is 1. The topological polar surface area (TPSA) is 93.5 Å². The third kappa shape index (κ3) is 5.74. The number of nitrogens with one attached hydrogen (secondary N) is 1. The molecule has 35 heavy (non-hydrogen) atoms. The number of imidazole rings is 1. The first-order chi connectivity index (χ1) is 16.9. The van der Waals surface area contributed by atoms with Crippen molar-refractivity contribution in [2.24, 2.45) is 0 Å². The number of rotatable bonds is 10. The first-order valence-corrected chi connectivity index (χ1v) is 13.8. The first kappa shape index (κ1) is 25.3. The number of carbonyl (C=O) groups is 1. The molecule has 1 aromatic heterocycles. The van der Waals surface area contributed by atoms with Crippen LogP contribution in [-0.4, -0.2) is 54.5 Å². The summed E-state index contributed by atoms with van der Waals surface area (Å²) in [5.41, 5.74) is 1.98. The molecular weight excluding hydrogens is 464 g/mol. The number of aryl methyl sites for hydroxylation is 1. The molecule has 8 nitrogen and oxygen atoms in total. The molecular formula is C26H34N4O4S. The highest BCUT2D eigenvalue weighted by Crippen LogP contribution is 2.27. The Kier molecular flexibility index (Phi) is 8.20. The Hall–Kier alpha value is -2.75. The molecule has 0 atom stereocenters. The van der Waals surface area contributed by atoms with E-state index in [0.29, 0.717) is 25.7 Å². The summed E-state index contributed by atoms with van der Waals surface area (Å²) in [6.07, 6.45) is 5.75. The van der Waals surface area contributed by atoms with Gasteiger partial charge < -0.3 is 9.30 Å². The van der Waals surface area contributed by atoms with Gasteiger partial charge in [-0.2, -0.15) is 4.31 Å². The number of benzene rings is 2. The van der Waals surface area contributed by atoms with Gasteiger partial charge in [0.2, 0.25) is 16.0 Å². The van der Waals surface area contributed by atoms with Gasteiger partial charge in [0, 0.05) is 38.4 Å². The number of amides is 1. The highest BCUT2D eigenvalue weighted by atomic mass is 32.2. The van der Waals surface area contributed by atoms with Crippen LogP contribution in [0.25, 0.3) is 11.0 Å². The summed E-state index contributed by atoms with van der Waals surface area (Å²) in [5, 5.41) is 2.89. The maximum Gasteiger partial charge on any atom is 0.258 e. The quantitative estimate of drug-likeness (QED) is 0.410. The number of carbonyl (C=O) groups excluding carboxylic acids is 1. The predicted molar refractivity (Wildman–Crippen MR) is 137 cm³/mol. The van der Waals surface area contributed by atoms with E-state index in [1.54, 1.807) is 25.2 Å². The molecule has 4 rings (SSSR count). The minimum absolute atomic E-state index is 0.00262. The highest BCUT2D eigenvalue weighted by molar-refractivity contribution is 7.89. The smallest absolute Gasteiger partial charge is 0.258 e. The SMILES string of the molecule is CCOCCCn1c(NC(=O)c2cccc(S(=O)(=O)N(C)C3CCCCC3)c2)nc2ccccc21. The van der Waals surface area contributed by atoms with Crippen molar-refractivity contribution in [1.29, 1.82) is 0 Å². The standard InChI is InChI=1S/C26H34N4O4S/c1-3-34-18-10-17-30-24-16-8-7-15-23(24)27-26(30)28-25(31)20-11-9-14-22(19-20)35(32,33)29(2)21-12-5-4-6-13-21/h7-9,11,14-16,19,21H,3-6,10,12-13,17-18H2,1-2H3,(H,27,28,31). The summed E-state index contributed by atoms with van der Waals surface area (Å²) in [7, 11) is -2.05. The van der Waals surface area contributed by atoms with Gasteiger partial charge in [-0.1, -0.05) is 37.5 Å². The molecule has 188 valence electrons. The Labute approximate surface area is 207 Å². The number of aromatic nitrogens is 2. The van der Waals surface area contributed by atoms with E-state index >= 15 is 0 Å². The van der Waals surface area contributed by atoms with Gasteiger partial charge in [0.25, 0.3) is 5.91 Å². The van der Waals surface area contributed by atoms with Crippen molar-refractivity contribution in [3.8, 4) is 0 Å². The maximum absolute atomic E-state index is 13.3. The van der Waals surface area contributed by atoms with Crippen LogP contribution in [0.5, 0.6) is 0 Å². The monoisotopic (exact) mass is 498 g/mol. The third-order valence-electron chi connectivity index (χ3n) is 6.62. The Balaban J connectivity index is 1.55. The van der Waals surface area contributed by atoms with Gasteiger partial charge in [0.1, 0.15) is 0 Å². The van der Waals surface area contributed by atoms with Crippen LogP contribution in [0.2, 0.25) is 0 Å². The molecule has 0 bridgehead atoms. The van der Waals surface area contributed by atoms with Gasteiger partial charge in [-0.05, 0) is 56.5 Å². The van der Waals surface area contributed by atoms with Crippen LogP contribution in [-0.2, 0) is 21.3 Å². The fraction of sp³-hybridized carbons (Fsp3) is 0.462. The van der Waals surface area contributed by atoms with Crippen LogP contribution in [0.15, 0.2) is 53.4 Å². The molecule has 1 amide bonds. The van der Waals surface area contributed by atoms with E-state index in [0.717, 1.165) is 49.6 Å². The molecule has 0 radical (unpaired) electrons. The van der Waals surface area contributed by atoms with Gasteiger partial charge in [-0.25, -0.2) is 13.4 Å². The molecule has 9 heteroatoms. The molecule has 0 unspecified atom stereocenters. The second-order valence-electron chi connectivity index (χ2n) is 8.92. The summed E-state index contributed by atoms with van der Waals surface area (Å²) in [6, 6.07) is 13.9. The van der Waals surface area contributed by atoms with E-state index in [1.165, 1.54) is 10.4 Å². The van der Waals surface area contributed by atoms with Gasteiger partial charge >= 0.3 is 0 Å². The Morgan fingerprint density at radius 3 is 2.69 bits per heavy atom. The zero-order valence-corrected chi connectivity index (χ0v) is 21.3. The number of para-hydroxylation sites is 2. The third-order valence-corrected chi connectivity index (χ3v) is 8.52. The van der Waals surface area contributed by atoms with E-state index in [9.17, 15) is 13.2 Å². The number of hydrogen-bond acceptors (Lipinski definition) is 5. The van der Waals surface area contributed by atoms with E-state index in [-0.39, 0.29) is 16.5 Å². The van der Waals surface area contributed by atoms with Crippen LogP contribution >= 0.6 is 0 Å². The number of nitrogens with zero attached hydrogens (tertiary/aromatic N) is 3. The summed E-state index contributed by atoms with van der Waals surface area (Å²) >= 11 is 0. The molecule has 1 N–H and O–H groups in total. The van der Waals surface area contributed by atoms with Gasteiger partial charge in [-0.3, -0.25) is 10.1 Å². The zero-order valence-electron chi connectivity index (χ0n) is 20.4. The highest BCUT2D eigenvalue weighted by Gasteiger charge is 2.29. The van der Waals surface area contributed by atoms with Crippen molar-refractivity contribution in [3.63, 3.8) is 0 Å². The largest absolute Gasteiger partial charge is 0.382 e. The number of fused-ring (bicyclic) bond motifs is 1. The number of sulfonamides is 1. The molecule has 1 aliphatic carbocycles. The average molecular weight is 499 g/mol. The first-order valence-electron chi connectivity index (χ1n) is 12.3. The van der Waals surface area contributed by atoms with Crippen LogP contribution in [0, 0.1) is 0 Å². The van der Waals surface area contributed by atoms with E-state index < -0.39 is 15.9 Å². The molecule has 1 saturated carbocycles. The predicted octanol–water partition coefficient (Wildman–Crippen LogP) is 4.67. The van der Waals surface area contributed by atoms with Crippen LogP contribution in [0.4, 0.5) is 5.95 Å². The second kappa shape index (κ2) is 11.3. The molecule has 0 spiro atoms. The van der Waals surface area contributed by atoms with Crippen LogP contribution in [0.1, 0.15) is 55.8 Å². The van der Waals surface area contributed by atoms with Crippen molar-refractivity contribution < 1.29 is 17.9 Å². The summed E-state index contributed by atoms with van der Waals surface area (Å²) in [5.74, 6) is 0.0315. The van der Waals surface area contributed by atoms with Crippen molar-refractivity contribution in [2.75, 3.05) is 25.6 Å². The van der Waals surface area contributed by atoms with Crippen LogP contribution in [0.3, 0.4) is 0 Å². The Morgan fingerprint density at radius 1 is 1.14 bits per heavy atom. The minimum Gasteiger partial charge on any atom is -0.382 e. The Morgan fingerprint density at radius 2 is 1.91 bits per heavy atom. The number of hydrogen-bond donors (Lipinski definition) is 1. The Bertz CT molecular complexity index is 1270. The summed E-state index contributed by atoms with van der Waals surface area (Å²) in [4.78, 5) is 17.9. The number of anilines is 1. The molecule has 2 aromatic carbocycles. The van der Waals surface area contributed by atoms with Crippen molar-refractivity contribution in [2.45, 2.75) is 62.9 Å². The van der Waals surface area contributed by atoms with E-state index in [2.05, 4.69) is 10.3 Å². The summed E-state index contributed by atoms with van der Waals surface area (Å²) < 4.78 is 35.4. The van der Waals surface area contributed by atoms with Crippen molar-refractivity contribution >= 4 is 32.9 Å². The summed E-state index contributed by atoms with van der Waals surface area (Å²) in [6.45, 7) is 3.87. The lowest BCUT2D eigenvalue weighted by atomic mass is 9.96. The van der Waals surface area contributed by atoms with Gasteiger partial charge in [0.15, 0.2) is 0 Å². The lowest BCUT2D eigenvalue weighted by molar-refractivity contribution is 0.102. The molecule has 3 aromatic rings. The lowest BCUT2D eigenvalue weighted by Crippen LogP contribution is -2.38. The molecule has 1 heterocycles. The fourth-order valence-corrected chi connectivity index (χ4v) is 6.11. The second-order valence-corrected chi connectivity index (χ2v) is 10.9. The van der Waals surface area contributed by atoms with Gasteiger partial charge in [0.05, 0.1) is 15.9 Å². The normalized spacial score (nSPS) is 15.1. The molecule has 1 aliphatic rings. The van der Waals surface area contributed by atoms with E-state index in [1.807, 2.05) is 35.8 Å². The van der Waals surface area contributed by atoms with Crippen molar-refractivity contribution in [3.05, 3.63) is 54.1 Å². The minimum atomic E-state index is -3.70. The average Bonchev–Trinajstić information content (AvgIpc) is 3.23. The van der Waals surface area contributed by atoms with Gasteiger partial charge in [-0.15, -0.1) is 0 Å². The molecule has 0 saturated heterocycles. The van der Waals surface area contributed by atoms with Crippen molar-refractivity contribution in [1.82, 2.24) is 13.9 Å². The molecule has 1 fully saturated rings. The van der Waals surface area contributed by atoms with Crippen LogP contribution < -0.4 is 5.32 Å². The fourth-order valence-electron chi connectivity index (χ4n) is 4.65.